The van der Waals surface area contributed by atoms with Crippen LogP contribution in [0.5, 0.6) is 11.5 Å². The predicted molar refractivity (Wildman–Crippen MR) is 81.8 cm³/mol. The Morgan fingerprint density at radius 1 is 0.524 bits per heavy atom. The van der Waals surface area contributed by atoms with Crippen LogP contribution in [0.3, 0.4) is 0 Å². The van der Waals surface area contributed by atoms with Gasteiger partial charge in [0.05, 0.1) is 30.1 Å². The zero-order chi connectivity index (χ0) is 15.4. The minimum absolute atomic E-state index is 0. The van der Waals surface area contributed by atoms with Crippen molar-refractivity contribution < 1.29 is 27.3 Å². The quantitative estimate of drug-likeness (QED) is 0.392. The van der Waals surface area contributed by atoms with Gasteiger partial charge in [0.15, 0.2) is 0 Å². The maximum atomic E-state index is 10.7. The fourth-order valence-corrected chi connectivity index (χ4v) is 2.07. The van der Waals surface area contributed by atoms with Gasteiger partial charge in [-0.2, -0.15) is 0 Å². The average molecular weight is 456 g/mol. The van der Waals surface area contributed by atoms with E-state index in [1.54, 1.807) is 0 Å². The van der Waals surface area contributed by atoms with E-state index in [9.17, 15) is 10.2 Å². The number of hydrogen-bond acceptors (Lipinski definition) is 2. The smallest absolute Gasteiger partial charge is 0.871 e. The molecule has 2 nitrogen and oxygen atoms in total. The van der Waals surface area contributed by atoms with Gasteiger partial charge in [-0.1, -0.05) is 93.2 Å². The molecule has 0 atom stereocenters. The monoisotopic (exact) mass is 453 g/mol. The summed E-state index contributed by atoms with van der Waals surface area (Å²) in [7, 11) is 0. The summed E-state index contributed by atoms with van der Waals surface area (Å²) in [4.78, 5) is 0. The average Bonchev–Trinajstić information content (AvgIpc) is 2.43. The number of benzene rings is 2. The molecule has 9 heteroatoms. The van der Waals surface area contributed by atoms with Crippen molar-refractivity contribution in [1.82, 2.24) is 0 Å². The van der Waals surface area contributed by atoms with Gasteiger partial charge in [-0.05, 0) is 12.1 Å². The zero-order valence-electron chi connectivity index (χ0n) is 9.70. The van der Waals surface area contributed by atoms with E-state index in [-0.39, 0.29) is 48.7 Å². The first-order valence-corrected chi connectivity index (χ1v) is 7.13. The van der Waals surface area contributed by atoms with Gasteiger partial charge in [-0.15, -0.1) is 0 Å². The van der Waals surface area contributed by atoms with Crippen LogP contribution in [0.15, 0.2) is 24.3 Å². The summed E-state index contributed by atoms with van der Waals surface area (Å²) < 4.78 is 0. The van der Waals surface area contributed by atoms with E-state index < -0.39 is 0 Å². The molecule has 21 heavy (non-hydrogen) atoms. The van der Waals surface area contributed by atoms with Crippen molar-refractivity contribution in [3.8, 4) is 11.5 Å². The molecule has 0 aliphatic carbocycles. The molecule has 0 N–H and O–H groups in total. The third-order valence-corrected chi connectivity index (χ3v) is 4.55. The molecule has 2 rings (SSSR count). The van der Waals surface area contributed by atoms with Crippen LogP contribution in [-0.4, -0.2) is 0 Å². The van der Waals surface area contributed by atoms with Crippen LogP contribution in [-0.2, 0) is 17.1 Å². The summed E-state index contributed by atoms with van der Waals surface area (Å²) in [5, 5.41) is 22.2. The van der Waals surface area contributed by atoms with Crippen molar-refractivity contribution in [2.45, 2.75) is 0 Å². The third kappa shape index (κ3) is 5.78. The fourth-order valence-electron chi connectivity index (χ4n) is 1.02. The van der Waals surface area contributed by atoms with Crippen molar-refractivity contribution in [1.29, 1.82) is 0 Å². The van der Waals surface area contributed by atoms with E-state index in [0.717, 1.165) is 0 Å². The largest absolute Gasteiger partial charge is 2.00 e. The number of hydrogen-bond donors (Lipinski definition) is 0. The van der Waals surface area contributed by atoms with Gasteiger partial charge in [0.25, 0.3) is 0 Å². The molecule has 117 valence electrons. The summed E-state index contributed by atoms with van der Waals surface area (Å²) in [6.45, 7) is 0. The second-order valence-electron chi connectivity index (χ2n) is 3.35. The van der Waals surface area contributed by atoms with Crippen LogP contribution in [0.1, 0.15) is 0 Å². The molecule has 2 aromatic rings. The van der Waals surface area contributed by atoms with Crippen LogP contribution < -0.4 is 10.2 Å². The summed E-state index contributed by atoms with van der Waals surface area (Å²) >= 11 is 33.0. The van der Waals surface area contributed by atoms with Crippen molar-refractivity contribution in [3.05, 3.63) is 54.4 Å². The number of halogens is 6. The first-order valence-electron chi connectivity index (χ1n) is 4.86. The third-order valence-electron chi connectivity index (χ3n) is 2.00. The summed E-state index contributed by atoms with van der Waals surface area (Å²) in [6, 6.07) is 5.38. The minimum Gasteiger partial charge on any atom is -0.871 e. The zero-order valence-corrected chi connectivity index (χ0v) is 15.2. The Balaban J connectivity index is 0.000000364. The van der Waals surface area contributed by atoms with Gasteiger partial charge in [0.2, 0.25) is 0 Å². The molecule has 0 fully saturated rings. The molecule has 1 radical (unpaired) electrons. The summed E-state index contributed by atoms with van der Waals surface area (Å²) in [5.74, 6) is -0.618. The predicted octanol–water partition coefficient (Wildman–Crippen LogP) is 5.44. The fraction of sp³-hybridized carbons (Fsp3) is 0. The van der Waals surface area contributed by atoms with Gasteiger partial charge in [-0.25, -0.2) is 0 Å². The first-order chi connectivity index (χ1) is 9.25. The first kappa shape index (κ1) is 21.3. The Kier molecular flexibility index (Phi) is 9.58. The maximum Gasteiger partial charge on any atom is 2.00 e. The van der Waals surface area contributed by atoms with E-state index in [0.29, 0.717) is 10.0 Å². The molecule has 0 aliphatic rings. The van der Waals surface area contributed by atoms with Gasteiger partial charge < -0.3 is 10.2 Å². The molecule has 0 spiro atoms. The van der Waals surface area contributed by atoms with E-state index in [2.05, 4.69) is 0 Å². The molecule has 0 heterocycles. The maximum absolute atomic E-state index is 10.7. The number of rotatable bonds is 0. The van der Waals surface area contributed by atoms with Gasteiger partial charge in [-0.3, -0.25) is 0 Å². The van der Waals surface area contributed by atoms with E-state index >= 15 is 0 Å². The van der Waals surface area contributed by atoms with Crippen LogP contribution in [0.4, 0.5) is 0 Å². The van der Waals surface area contributed by atoms with Crippen molar-refractivity contribution in [2.24, 2.45) is 0 Å². The molecule has 0 saturated carbocycles. The molecule has 2 aromatic carbocycles. The second-order valence-corrected chi connectivity index (χ2v) is 5.67. The molecule has 0 unspecified atom stereocenters. The van der Waals surface area contributed by atoms with Gasteiger partial charge in [0, 0.05) is 0 Å². The molecular formula is C12H4Cl6CuO2. The van der Waals surface area contributed by atoms with Crippen molar-refractivity contribution in [2.75, 3.05) is 0 Å². The Bertz CT molecular complexity index is 526. The Labute approximate surface area is 161 Å². The van der Waals surface area contributed by atoms with Crippen LogP contribution in [0.25, 0.3) is 0 Å². The second kappa shape index (κ2) is 9.44. The summed E-state index contributed by atoms with van der Waals surface area (Å²) in [6.07, 6.45) is 0. The topological polar surface area (TPSA) is 46.1 Å². The standard InChI is InChI=1S/2C6H3Cl3O.Cu/c2*7-3-1-2-4(10)6(9)5(3)8;/h2*1-2,10H;/q;;+2/p-2. The molecular weight excluding hydrogens is 452 g/mol. The SMILES string of the molecule is [Cu+2].[O-]c1ccc(Cl)c(Cl)c1Cl.[O-]c1ccc(Cl)c(Cl)c1Cl. The molecule has 0 saturated heterocycles. The Morgan fingerprint density at radius 3 is 1.05 bits per heavy atom. The van der Waals surface area contributed by atoms with Crippen molar-refractivity contribution in [3.63, 3.8) is 0 Å². The van der Waals surface area contributed by atoms with E-state index in [1.165, 1.54) is 24.3 Å². The van der Waals surface area contributed by atoms with Crippen LogP contribution in [0.2, 0.25) is 30.1 Å². The van der Waals surface area contributed by atoms with Crippen LogP contribution in [0, 0.1) is 0 Å². The normalized spacial score (nSPS) is 9.43. The molecule has 0 aliphatic heterocycles. The summed E-state index contributed by atoms with van der Waals surface area (Å²) in [5.41, 5.74) is 0. The molecule has 0 aromatic heterocycles. The van der Waals surface area contributed by atoms with Crippen molar-refractivity contribution >= 4 is 69.6 Å². The van der Waals surface area contributed by atoms with Gasteiger partial charge in [0.1, 0.15) is 0 Å². The minimum atomic E-state index is -0.309. The van der Waals surface area contributed by atoms with Gasteiger partial charge >= 0.3 is 17.1 Å². The Morgan fingerprint density at radius 2 is 0.810 bits per heavy atom. The van der Waals surface area contributed by atoms with E-state index in [1.807, 2.05) is 0 Å². The van der Waals surface area contributed by atoms with E-state index in [4.69, 9.17) is 69.6 Å². The Hall–Kier alpha value is 0.299. The van der Waals surface area contributed by atoms with Crippen LogP contribution >= 0.6 is 69.6 Å². The molecule has 0 amide bonds. The molecule has 0 bridgehead atoms.